The predicted molar refractivity (Wildman–Crippen MR) is 84.5 cm³/mol. The first-order valence-electron chi connectivity index (χ1n) is 7.93. The van der Waals surface area contributed by atoms with Crippen LogP contribution in [-0.2, 0) is 20.7 Å². The summed E-state index contributed by atoms with van der Waals surface area (Å²) < 4.78 is 10.9. The summed E-state index contributed by atoms with van der Waals surface area (Å²) in [6, 6.07) is 6.73. The molecule has 1 aromatic carbocycles. The van der Waals surface area contributed by atoms with Crippen molar-refractivity contribution in [1.82, 2.24) is 5.32 Å². The van der Waals surface area contributed by atoms with Crippen molar-refractivity contribution < 1.29 is 24.2 Å². The van der Waals surface area contributed by atoms with Gasteiger partial charge in [0, 0.05) is 19.6 Å². The Balaban J connectivity index is 1.57. The SMILES string of the molecule is O=C(CCOCC1CCCO1)NCCc1cccc(C(=O)O)c1. The van der Waals surface area contributed by atoms with Crippen molar-refractivity contribution >= 4 is 11.9 Å². The fraction of sp³-hybridized carbons (Fsp3) is 0.529. The van der Waals surface area contributed by atoms with Gasteiger partial charge in [0.15, 0.2) is 0 Å². The Hall–Kier alpha value is -1.92. The van der Waals surface area contributed by atoms with E-state index in [1.165, 1.54) is 0 Å². The highest BCUT2D eigenvalue weighted by Gasteiger charge is 2.15. The number of amides is 1. The summed E-state index contributed by atoms with van der Waals surface area (Å²) in [5.74, 6) is -1.01. The van der Waals surface area contributed by atoms with Crippen molar-refractivity contribution in [3.8, 4) is 0 Å². The maximum atomic E-state index is 11.7. The Morgan fingerprint density at radius 2 is 2.26 bits per heavy atom. The minimum Gasteiger partial charge on any atom is -0.478 e. The van der Waals surface area contributed by atoms with Gasteiger partial charge in [-0.2, -0.15) is 0 Å². The lowest BCUT2D eigenvalue weighted by molar-refractivity contribution is -0.122. The third kappa shape index (κ3) is 6.38. The van der Waals surface area contributed by atoms with Crippen molar-refractivity contribution in [1.29, 1.82) is 0 Å². The van der Waals surface area contributed by atoms with Gasteiger partial charge in [0.25, 0.3) is 0 Å². The maximum absolute atomic E-state index is 11.7. The van der Waals surface area contributed by atoms with Crippen LogP contribution in [0.1, 0.15) is 35.2 Å². The molecule has 1 atom stereocenters. The van der Waals surface area contributed by atoms with E-state index < -0.39 is 5.97 Å². The Bertz CT molecular complexity index is 525. The van der Waals surface area contributed by atoms with Gasteiger partial charge in [-0.3, -0.25) is 4.79 Å². The van der Waals surface area contributed by atoms with Crippen LogP contribution < -0.4 is 5.32 Å². The fourth-order valence-electron chi connectivity index (χ4n) is 2.45. The highest BCUT2D eigenvalue weighted by Crippen LogP contribution is 2.11. The summed E-state index contributed by atoms with van der Waals surface area (Å²) in [7, 11) is 0. The Kier molecular flexibility index (Phi) is 7.03. The number of hydrogen-bond acceptors (Lipinski definition) is 4. The van der Waals surface area contributed by atoms with E-state index in [1.807, 2.05) is 6.07 Å². The van der Waals surface area contributed by atoms with Gasteiger partial charge >= 0.3 is 5.97 Å². The molecule has 1 aliphatic rings. The van der Waals surface area contributed by atoms with E-state index in [0.717, 1.165) is 25.0 Å². The summed E-state index contributed by atoms with van der Waals surface area (Å²) in [6.45, 7) is 2.22. The molecule has 0 aromatic heterocycles. The largest absolute Gasteiger partial charge is 0.478 e. The van der Waals surface area contributed by atoms with Crippen molar-refractivity contribution in [2.75, 3.05) is 26.4 Å². The third-order valence-electron chi connectivity index (χ3n) is 3.71. The summed E-state index contributed by atoms with van der Waals surface area (Å²) in [6.07, 6.45) is 3.21. The quantitative estimate of drug-likeness (QED) is 0.675. The van der Waals surface area contributed by atoms with Crippen LogP contribution in [0, 0.1) is 0 Å². The molecule has 1 aromatic rings. The van der Waals surface area contributed by atoms with Gasteiger partial charge in [0.05, 0.1) is 24.9 Å². The van der Waals surface area contributed by atoms with Gasteiger partial charge in [0.1, 0.15) is 0 Å². The molecule has 1 amide bonds. The number of nitrogens with one attached hydrogen (secondary N) is 1. The van der Waals surface area contributed by atoms with Gasteiger partial charge in [-0.15, -0.1) is 0 Å². The molecule has 0 spiro atoms. The number of rotatable bonds is 9. The van der Waals surface area contributed by atoms with Crippen LogP contribution in [0.25, 0.3) is 0 Å². The molecule has 1 aliphatic heterocycles. The number of benzene rings is 1. The van der Waals surface area contributed by atoms with Crippen LogP contribution in [0.2, 0.25) is 0 Å². The molecule has 2 N–H and O–H groups in total. The summed E-state index contributed by atoms with van der Waals surface area (Å²) in [5.41, 5.74) is 1.15. The van der Waals surface area contributed by atoms with E-state index in [-0.39, 0.29) is 17.6 Å². The summed E-state index contributed by atoms with van der Waals surface area (Å²) >= 11 is 0. The van der Waals surface area contributed by atoms with Gasteiger partial charge in [-0.1, -0.05) is 12.1 Å². The molecule has 6 nitrogen and oxygen atoms in total. The molecule has 0 saturated carbocycles. The lowest BCUT2D eigenvalue weighted by atomic mass is 10.1. The normalized spacial score (nSPS) is 17.1. The molecule has 23 heavy (non-hydrogen) atoms. The average molecular weight is 321 g/mol. The number of carboxylic acids is 1. The van der Waals surface area contributed by atoms with Crippen molar-refractivity contribution in [3.63, 3.8) is 0 Å². The van der Waals surface area contributed by atoms with Gasteiger partial charge in [-0.25, -0.2) is 4.79 Å². The second-order valence-corrected chi connectivity index (χ2v) is 5.57. The standard InChI is InChI=1S/C17H23NO5/c19-16(7-10-22-12-15-5-2-9-23-15)18-8-6-13-3-1-4-14(11-13)17(20)21/h1,3-4,11,15H,2,5-10,12H2,(H,18,19)(H,20,21). The van der Waals surface area contributed by atoms with E-state index in [9.17, 15) is 9.59 Å². The first kappa shape index (κ1) is 17.4. The summed E-state index contributed by atoms with van der Waals surface area (Å²) in [5, 5.41) is 11.7. The van der Waals surface area contributed by atoms with E-state index in [2.05, 4.69) is 5.32 Å². The maximum Gasteiger partial charge on any atom is 0.335 e. The van der Waals surface area contributed by atoms with Crippen molar-refractivity contribution in [2.45, 2.75) is 31.8 Å². The van der Waals surface area contributed by atoms with Crippen LogP contribution in [0.3, 0.4) is 0 Å². The van der Waals surface area contributed by atoms with Crippen LogP contribution >= 0.6 is 0 Å². The molecule has 1 saturated heterocycles. The first-order chi connectivity index (χ1) is 11.1. The molecule has 2 rings (SSSR count). The van der Waals surface area contributed by atoms with E-state index in [0.29, 0.717) is 32.6 Å². The lowest BCUT2D eigenvalue weighted by Gasteiger charge is -2.10. The molecular weight excluding hydrogens is 298 g/mol. The van der Waals surface area contributed by atoms with Crippen molar-refractivity contribution in [2.24, 2.45) is 0 Å². The van der Waals surface area contributed by atoms with Crippen LogP contribution in [0.15, 0.2) is 24.3 Å². The zero-order valence-corrected chi connectivity index (χ0v) is 13.1. The average Bonchev–Trinajstić information content (AvgIpc) is 3.05. The Labute approximate surface area is 135 Å². The first-order valence-corrected chi connectivity index (χ1v) is 7.93. The van der Waals surface area contributed by atoms with Crippen LogP contribution in [0.4, 0.5) is 0 Å². The monoisotopic (exact) mass is 321 g/mol. The molecule has 0 aliphatic carbocycles. The number of aromatic carboxylic acids is 1. The second kappa shape index (κ2) is 9.27. The van der Waals surface area contributed by atoms with Gasteiger partial charge < -0.3 is 19.9 Å². The highest BCUT2D eigenvalue weighted by molar-refractivity contribution is 5.87. The smallest absolute Gasteiger partial charge is 0.335 e. The van der Waals surface area contributed by atoms with Crippen molar-refractivity contribution in [3.05, 3.63) is 35.4 Å². The van der Waals surface area contributed by atoms with E-state index in [4.69, 9.17) is 14.6 Å². The summed E-state index contributed by atoms with van der Waals surface area (Å²) in [4.78, 5) is 22.6. The van der Waals surface area contributed by atoms with Gasteiger partial charge in [0.2, 0.25) is 5.91 Å². The Morgan fingerprint density at radius 1 is 1.39 bits per heavy atom. The topological polar surface area (TPSA) is 84.9 Å². The molecular formula is C17H23NO5. The molecule has 6 heteroatoms. The zero-order valence-electron chi connectivity index (χ0n) is 13.1. The van der Waals surface area contributed by atoms with Crippen LogP contribution in [0.5, 0.6) is 0 Å². The molecule has 1 unspecified atom stereocenters. The lowest BCUT2D eigenvalue weighted by Crippen LogP contribution is -2.27. The predicted octanol–water partition coefficient (Wildman–Crippen LogP) is 1.63. The van der Waals surface area contributed by atoms with Crippen LogP contribution in [-0.4, -0.2) is 49.5 Å². The number of carboxylic acid groups (broad SMARTS) is 1. The number of carbonyl (C=O) groups is 2. The number of hydrogen-bond donors (Lipinski definition) is 2. The van der Waals surface area contributed by atoms with E-state index in [1.54, 1.807) is 18.2 Å². The third-order valence-corrected chi connectivity index (χ3v) is 3.71. The molecule has 0 radical (unpaired) electrons. The number of ether oxygens (including phenoxy) is 2. The fourth-order valence-corrected chi connectivity index (χ4v) is 2.45. The Morgan fingerprint density at radius 3 is 3.00 bits per heavy atom. The minimum atomic E-state index is -0.945. The number of carbonyl (C=O) groups excluding carboxylic acids is 1. The molecule has 1 fully saturated rings. The zero-order chi connectivity index (χ0) is 16.5. The minimum absolute atomic E-state index is 0.0632. The second-order valence-electron chi connectivity index (χ2n) is 5.57. The molecule has 126 valence electrons. The van der Waals surface area contributed by atoms with E-state index >= 15 is 0 Å². The molecule has 1 heterocycles. The molecule has 0 bridgehead atoms. The highest BCUT2D eigenvalue weighted by atomic mass is 16.5. The van der Waals surface area contributed by atoms with Gasteiger partial charge in [-0.05, 0) is 37.0 Å².